The minimum absolute atomic E-state index is 0.00508. The van der Waals surface area contributed by atoms with Gasteiger partial charge in [0.25, 0.3) is 5.91 Å². The van der Waals surface area contributed by atoms with Crippen molar-refractivity contribution in [3.05, 3.63) is 47.8 Å². The molecule has 5 atom stereocenters. The van der Waals surface area contributed by atoms with Gasteiger partial charge in [-0.05, 0) is 64.6 Å². The number of nitrogens with zero attached hydrogens (tertiary/aromatic N) is 2. The van der Waals surface area contributed by atoms with E-state index in [1.165, 1.54) is 21.9 Å². The smallest absolute Gasteiger partial charge is 0.410 e. The van der Waals surface area contributed by atoms with Crippen molar-refractivity contribution >= 4 is 39.9 Å². The van der Waals surface area contributed by atoms with E-state index >= 15 is 0 Å². The molecule has 4 aliphatic rings. The Bertz CT molecular complexity index is 1700. The Morgan fingerprint density at radius 2 is 1.88 bits per heavy atom. The van der Waals surface area contributed by atoms with Crippen LogP contribution < -0.4 is 20.7 Å². The summed E-state index contributed by atoms with van der Waals surface area (Å²) in [5.74, 6) is -3.37. The third-order valence-corrected chi connectivity index (χ3v) is 11.4. The normalized spacial score (nSPS) is 24.4. The number of carbonyl (C=O) groups is 5. The SMILES string of the molecule is C=C[C@@H]1C[C@]1(NC(=O)C1C[C@@H](OC(=O)N2Cc3cccc(F)c3C2)CN1C(=O)[C@H](CNCCCC)NC(=O)OC(C)(C)C)C(=O)NS(=O)(=O)C1CC1. The molecular weight excluding hydrogens is 699 g/mol. The summed E-state index contributed by atoms with van der Waals surface area (Å²) in [5, 5.41) is 7.76. The molecule has 4 N–H and O–H groups in total. The van der Waals surface area contributed by atoms with Gasteiger partial charge in [0.1, 0.15) is 35.1 Å². The maximum atomic E-state index is 14.4. The van der Waals surface area contributed by atoms with E-state index in [4.69, 9.17) is 9.47 Å². The number of rotatable bonds is 14. The van der Waals surface area contributed by atoms with Gasteiger partial charge in [0.2, 0.25) is 21.8 Å². The van der Waals surface area contributed by atoms with E-state index in [9.17, 15) is 36.8 Å². The highest BCUT2D eigenvalue weighted by Crippen LogP contribution is 2.45. The molecule has 1 aromatic rings. The molecule has 1 aromatic carbocycles. The highest BCUT2D eigenvalue weighted by molar-refractivity contribution is 7.91. The highest BCUT2D eigenvalue weighted by Gasteiger charge is 2.62. The number of hydrogen-bond acceptors (Lipinski definition) is 10. The second-order valence-corrected chi connectivity index (χ2v) is 16.9. The molecule has 0 spiro atoms. The fraction of sp³-hybridized carbons (Fsp3) is 0.629. The number of sulfonamides is 1. The lowest BCUT2D eigenvalue weighted by Crippen LogP contribution is -2.59. The Kier molecular flexibility index (Phi) is 11.5. The van der Waals surface area contributed by atoms with Crippen molar-refractivity contribution in [2.45, 2.75) is 114 Å². The fourth-order valence-electron chi connectivity index (χ4n) is 6.52. The van der Waals surface area contributed by atoms with Crippen LogP contribution in [0.3, 0.4) is 0 Å². The summed E-state index contributed by atoms with van der Waals surface area (Å²) >= 11 is 0. The fourth-order valence-corrected chi connectivity index (χ4v) is 7.88. The predicted molar refractivity (Wildman–Crippen MR) is 186 cm³/mol. The van der Waals surface area contributed by atoms with Crippen LogP contribution in [0.2, 0.25) is 0 Å². The number of ether oxygens (including phenoxy) is 2. The first-order chi connectivity index (χ1) is 24.5. The number of likely N-dealkylation sites (tertiary alicyclic amines) is 1. The maximum absolute atomic E-state index is 14.4. The number of unbranched alkanes of at least 4 members (excludes halogenated alkanes) is 1. The molecule has 286 valence electrons. The van der Waals surface area contributed by atoms with E-state index in [0.29, 0.717) is 30.5 Å². The van der Waals surface area contributed by atoms with Crippen molar-refractivity contribution < 1.29 is 46.3 Å². The quantitative estimate of drug-likeness (QED) is 0.162. The van der Waals surface area contributed by atoms with Crippen LogP contribution in [0.25, 0.3) is 0 Å². The van der Waals surface area contributed by atoms with E-state index in [-0.39, 0.29) is 39.0 Å². The predicted octanol–water partition coefficient (Wildman–Crippen LogP) is 2.20. The van der Waals surface area contributed by atoms with Crippen molar-refractivity contribution in [3.8, 4) is 0 Å². The highest BCUT2D eigenvalue weighted by atomic mass is 32.2. The zero-order valence-corrected chi connectivity index (χ0v) is 30.9. The topological polar surface area (TPSA) is 193 Å². The van der Waals surface area contributed by atoms with Crippen LogP contribution in [-0.2, 0) is 47.0 Å². The molecule has 15 nitrogen and oxygen atoms in total. The lowest BCUT2D eigenvalue weighted by molar-refractivity contribution is -0.141. The summed E-state index contributed by atoms with van der Waals surface area (Å²) in [6.45, 7) is 11.1. The summed E-state index contributed by atoms with van der Waals surface area (Å²) in [6.07, 6.45) is 1.28. The second kappa shape index (κ2) is 15.4. The first-order valence-corrected chi connectivity index (χ1v) is 19.3. The summed E-state index contributed by atoms with van der Waals surface area (Å²) in [5.41, 5.74) is -1.47. The molecule has 52 heavy (non-hydrogen) atoms. The Balaban J connectivity index is 1.37. The largest absolute Gasteiger partial charge is 0.444 e. The van der Waals surface area contributed by atoms with Crippen molar-refractivity contribution in [3.63, 3.8) is 0 Å². The Morgan fingerprint density at radius 1 is 1.15 bits per heavy atom. The first-order valence-electron chi connectivity index (χ1n) is 17.7. The lowest BCUT2D eigenvalue weighted by Gasteiger charge is -2.30. The van der Waals surface area contributed by atoms with Crippen molar-refractivity contribution in [2.75, 3.05) is 19.6 Å². The monoisotopic (exact) mass is 748 g/mol. The van der Waals surface area contributed by atoms with Gasteiger partial charge in [0, 0.05) is 31.0 Å². The van der Waals surface area contributed by atoms with Gasteiger partial charge >= 0.3 is 12.2 Å². The average molecular weight is 749 g/mol. The molecular formula is C35H49FN6O9S. The number of carbonyl (C=O) groups excluding carboxylic acids is 5. The molecule has 0 bridgehead atoms. The van der Waals surface area contributed by atoms with Crippen molar-refractivity contribution in [2.24, 2.45) is 5.92 Å². The Morgan fingerprint density at radius 3 is 2.50 bits per heavy atom. The Labute approximate surface area is 303 Å². The van der Waals surface area contributed by atoms with Crippen molar-refractivity contribution in [1.29, 1.82) is 0 Å². The van der Waals surface area contributed by atoms with E-state index < -0.39 is 86.2 Å². The van der Waals surface area contributed by atoms with Gasteiger partial charge in [-0.15, -0.1) is 6.58 Å². The standard InChI is InChI=1S/C35H49FN6O9S/c1-6-8-14-37-17-27(38-32(46)51-34(3,4)5)30(44)42-19-23(50-33(47)41-18-21-10-9-11-26(36)25(21)20-41)15-28(42)29(43)39-35(16-22(35)7-2)31(45)40-52(48,49)24-12-13-24/h7,9-11,22-24,27-28,37H,2,6,8,12-20H2,1,3-5H3,(H,38,46)(H,39,43)(H,40,45)/t22-,23-,27+,28?,35-/m1/s1. The molecule has 1 saturated heterocycles. The van der Waals surface area contributed by atoms with Gasteiger partial charge in [0.15, 0.2) is 0 Å². The Hall–Kier alpha value is -4.25. The molecule has 2 saturated carbocycles. The van der Waals surface area contributed by atoms with E-state index in [2.05, 4.69) is 27.3 Å². The number of alkyl carbamates (subject to hydrolysis) is 1. The average Bonchev–Trinajstić information content (AvgIpc) is 3.95. The van der Waals surface area contributed by atoms with E-state index in [0.717, 1.165) is 12.8 Å². The summed E-state index contributed by atoms with van der Waals surface area (Å²) in [4.78, 5) is 70.5. The summed E-state index contributed by atoms with van der Waals surface area (Å²) in [6, 6.07) is 2.09. The van der Waals surface area contributed by atoms with Crippen LogP contribution in [0.4, 0.5) is 14.0 Å². The molecule has 2 aliphatic carbocycles. The number of hydrogen-bond donors (Lipinski definition) is 4. The number of amides is 5. The zero-order valence-electron chi connectivity index (χ0n) is 30.0. The second-order valence-electron chi connectivity index (χ2n) is 14.9. The van der Waals surface area contributed by atoms with Crippen LogP contribution in [0.15, 0.2) is 30.9 Å². The molecule has 1 unspecified atom stereocenters. The summed E-state index contributed by atoms with van der Waals surface area (Å²) < 4.78 is 53.0. The molecule has 2 heterocycles. The number of halogens is 1. The minimum Gasteiger partial charge on any atom is -0.444 e. The van der Waals surface area contributed by atoms with E-state index in [1.54, 1.807) is 32.9 Å². The third-order valence-electron chi connectivity index (χ3n) is 9.59. The zero-order chi connectivity index (χ0) is 38.0. The van der Waals surface area contributed by atoms with Crippen LogP contribution in [0, 0.1) is 11.7 Å². The molecule has 17 heteroatoms. The molecule has 0 radical (unpaired) electrons. The molecule has 0 aromatic heterocycles. The van der Waals surface area contributed by atoms with Gasteiger partial charge in [-0.2, -0.15) is 0 Å². The molecule has 2 aliphatic heterocycles. The number of nitrogens with one attached hydrogen (secondary N) is 4. The first kappa shape index (κ1) is 39.0. The van der Waals surface area contributed by atoms with Crippen LogP contribution in [0.5, 0.6) is 0 Å². The minimum atomic E-state index is -3.94. The molecule has 5 amide bonds. The third kappa shape index (κ3) is 9.03. The van der Waals surface area contributed by atoms with Gasteiger partial charge < -0.3 is 30.3 Å². The van der Waals surface area contributed by atoms with Crippen LogP contribution in [0.1, 0.15) is 77.3 Å². The molecule has 5 rings (SSSR count). The maximum Gasteiger partial charge on any atom is 0.410 e. The van der Waals surface area contributed by atoms with E-state index in [1.807, 2.05) is 6.92 Å². The van der Waals surface area contributed by atoms with Crippen LogP contribution in [-0.4, -0.2) is 102 Å². The van der Waals surface area contributed by atoms with Gasteiger partial charge in [-0.3, -0.25) is 24.0 Å². The van der Waals surface area contributed by atoms with Crippen LogP contribution >= 0.6 is 0 Å². The molecule has 3 fully saturated rings. The van der Waals surface area contributed by atoms with Crippen molar-refractivity contribution in [1.82, 2.24) is 30.5 Å². The number of fused-ring (bicyclic) bond motifs is 1. The lowest BCUT2D eigenvalue weighted by atomic mass is 10.1. The van der Waals surface area contributed by atoms with Gasteiger partial charge in [-0.25, -0.2) is 22.4 Å². The number of benzene rings is 1. The summed E-state index contributed by atoms with van der Waals surface area (Å²) in [7, 11) is -3.94. The van der Waals surface area contributed by atoms with Gasteiger partial charge in [-0.1, -0.05) is 31.6 Å². The van der Waals surface area contributed by atoms with Gasteiger partial charge in [0.05, 0.1) is 18.3 Å².